The van der Waals surface area contributed by atoms with Gasteiger partial charge < -0.3 is 19.3 Å². The van der Waals surface area contributed by atoms with Gasteiger partial charge in [-0.15, -0.1) is 11.8 Å². The highest BCUT2D eigenvalue weighted by molar-refractivity contribution is 8.00. The molecule has 1 saturated heterocycles. The second kappa shape index (κ2) is 7.90. The number of nitrogens with zero attached hydrogens (tertiary/aromatic N) is 3. The first-order valence-corrected chi connectivity index (χ1v) is 8.32. The van der Waals surface area contributed by atoms with Crippen molar-refractivity contribution in [2.75, 3.05) is 39.2 Å². The van der Waals surface area contributed by atoms with Crippen LogP contribution in [0.2, 0.25) is 0 Å². The van der Waals surface area contributed by atoms with Crippen molar-refractivity contribution in [3.63, 3.8) is 0 Å². The first kappa shape index (κ1) is 15.7. The van der Waals surface area contributed by atoms with E-state index >= 15 is 0 Å². The second-order valence-corrected chi connectivity index (χ2v) is 6.07. The fraction of sp³-hybridized carbons (Fsp3) is 0.786. The van der Waals surface area contributed by atoms with Crippen LogP contribution in [-0.4, -0.2) is 66.5 Å². The second-order valence-electron chi connectivity index (χ2n) is 4.88. The Morgan fingerprint density at radius 3 is 3.00 bits per heavy atom. The fourth-order valence-corrected chi connectivity index (χ4v) is 3.44. The molecule has 2 atom stereocenters. The minimum absolute atomic E-state index is 0.114. The molecule has 0 aromatic carbocycles. The molecule has 5 nitrogen and oxygen atoms in total. The highest BCUT2D eigenvalue weighted by atomic mass is 32.2. The van der Waals surface area contributed by atoms with Gasteiger partial charge in [0.05, 0.1) is 6.61 Å². The molecule has 0 aliphatic carbocycles. The summed E-state index contributed by atoms with van der Waals surface area (Å²) >= 11 is 1.81. The standard InChI is InChI=1S/C14H25N3O2S/c1-4-7-16(5-2)12-6-8-17(11-15-12)13-10-20-14(19-13)9-18-3/h6,8,13-14H,4-5,7,9-11H2,1-3H3/t13-,14+/m1/s1. The maximum Gasteiger partial charge on any atom is 0.142 e. The van der Waals surface area contributed by atoms with E-state index in [1.807, 2.05) is 0 Å². The zero-order valence-electron chi connectivity index (χ0n) is 12.6. The minimum atomic E-state index is 0.114. The first-order valence-electron chi connectivity index (χ1n) is 7.27. The number of ether oxygens (including phenoxy) is 2. The van der Waals surface area contributed by atoms with Gasteiger partial charge in [-0.25, -0.2) is 4.99 Å². The summed E-state index contributed by atoms with van der Waals surface area (Å²) in [4.78, 5) is 9.15. The molecular weight excluding hydrogens is 274 g/mol. The van der Waals surface area contributed by atoms with E-state index in [0.29, 0.717) is 13.3 Å². The molecule has 0 saturated carbocycles. The molecule has 6 heteroatoms. The Kier molecular flexibility index (Phi) is 6.19. The van der Waals surface area contributed by atoms with Gasteiger partial charge in [0, 0.05) is 32.2 Å². The largest absolute Gasteiger partial charge is 0.381 e. The van der Waals surface area contributed by atoms with Crippen LogP contribution in [0.3, 0.4) is 0 Å². The lowest BCUT2D eigenvalue weighted by Crippen LogP contribution is -2.39. The summed E-state index contributed by atoms with van der Waals surface area (Å²) in [5.41, 5.74) is 0.149. The van der Waals surface area contributed by atoms with Gasteiger partial charge in [-0.2, -0.15) is 0 Å². The fourth-order valence-electron chi connectivity index (χ4n) is 2.35. The molecule has 114 valence electrons. The lowest BCUT2D eigenvalue weighted by atomic mass is 10.3. The van der Waals surface area contributed by atoms with E-state index in [1.165, 1.54) is 0 Å². The van der Waals surface area contributed by atoms with E-state index < -0.39 is 0 Å². The molecule has 2 heterocycles. The Labute approximate surface area is 126 Å². The van der Waals surface area contributed by atoms with Gasteiger partial charge in [-0.3, -0.25) is 0 Å². The van der Waals surface area contributed by atoms with E-state index in [0.717, 1.165) is 31.1 Å². The molecule has 1 fully saturated rings. The van der Waals surface area contributed by atoms with Gasteiger partial charge in [-0.1, -0.05) is 6.92 Å². The van der Waals surface area contributed by atoms with Gasteiger partial charge in [-0.05, 0) is 19.4 Å². The van der Waals surface area contributed by atoms with Crippen LogP contribution < -0.4 is 0 Å². The SMILES string of the molecule is CCCN(CC)C1=NCN([C@H]2CS[C@@H](COC)O2)C=C1. The molecule has 0 bridgehead atoms. The van der Waals surface area contributed by atoms with Gasteiger partial charge in [0.15, 0.2) is 0 Å². The average molecular weight is 299 g/mol. The van der Waals surface area contributed by atoms with Crippen LogP contribution >= 0.6 is 11.8 Å². The van der Waals surface area contributed by atoms with Crippen molar-refractivity contribution in [1.82, 2.24) is 9.80 Å². The van der Waals surface area contributed by atoms with Crippen molar-refractivity contribution < 1.29 is 9.47 Å². The van der Waals surface area contributed by atoms with E-state index in [2.05, 4.69) is 40.9 Å². The third-order valence-electron chi connectivity index (χ3n) is 3.42. The minimum Gasteiger partial charge on any atom is -0.381 e. The van der Waals surface area contributed by atoms with Crippen molar-refractivity contribution in [2.24, 2.45) is 4.99 Å². The Balaban J connectivity index is 1.85. The number of hydrogen-bond donors (Lipinski definition) is 0. The summed E-state index contributed by atoms with van der Waals surface area (Å²) in [5.74, 6) is 2.06. The summed E-state index contributed by atoms with van der Waals surface area (Å²) in [6.45, 7) is 7.75. The van der Waals surface area contributed by atoms with Crippen LogP contribution in [0.25, 0.3) is 0 Å². The highest BCUT2D eigenvalue weighted by Crippen LogP contribution is 2.28. The molecule has 20 heavy (non-hydrogen) atoms. The Hall–Kier alpha value is -0.720. The van der Waals surface area contributed by atoms with E-state index in [-0.39, 0.29) is 11.7 Å². The molecular formula is C14H25N3O2S. The summed E-state index contributed by atoms with van der Waals surface area (Å²) in [6, 6.07) is 0. The molecule has 0 spiro atoms. The van der Waals surface area contributed by atoms with Crippen LogP contribution in [0.4, 0.5) is 0 Å². The van der Waals surface area contributed by atoms with Crippen molar-refractivity contribution in [2.45, 2.75) is 31.9 Å². The molecule has 0 unspecified atom stereocenters. The third-order valence-corrected chi connectivity index (χ3v) is 4.51. The van der Waals surface area contributed by atoms with Crippen molar-refractivity contribution in [3.05, 3.63) is 12.3 Å². The van der Waals surface area contributed by atoms with Gasteiger partial charge in [0.25, 0.3) is 0 Å². The van der Waals surface area contributed by atoms with E-state index in [9.17, 15) is 0 Å². The number of rotatable bonds is 6. The highest BCUT2D eigenvalue weighted by Gasteiger charge is 2.30. The number of hydrogen-bond acceptors (Lipinski definition) is 6. The smallest absolute Gasteiger partial charge is 0.142 e. The Morgan fingerprint density at radius 1 is 1.55 bits per heavy atom. The molecule has 2 aliphatic heterocycles. The number of aliphatic imine (C=N–C) groups is 1. The van der Waals surface area contributed by atoms with Crippen molar-refractivity contribution in [3.8, 4) is 0 Å². The van der Waals surface area contributed by atoms with Crippen molar-refractivity contribution >= 4 is 17.6 Å². The molecule has 2 aliphatic rings. The summed E-state index contributed by atoms with van der Waals surface area (Å²) in [6.07, 6.45) is 5.47. The molecule has 0 aromatic rings. The summed E-state index contributed by atoms with van der Waals surface area (Å²) in [7, 11) is 1.71. The van der Waals surface area contributed by atoms with Crippen molar-refractivity contribution in [1.29, 1.82) is 0 Å². The van der Waals surface area contributed by atoms with Gasteiger partial charge in [0.2, 0.25) is 0 Å². The number of likely N-dealkylation sites (N-methyl/N-ethyl adjacent to an activating group) is 1. The Morgan fingerprint density at radius 2 is 2.40 bits per heavy atom. The molecule has 0 N–H and O–H groups in total. The summed E-state index contributed by atoms with van der Waals surface area (Å²) in [5, 5.41) is 0. The zero-order chi connectivity index (χ0) is 14.4. The number of amidine groups is 1. The number of methoxy groups -OCH3 is 1. The lowest BCUT2D eigenvalue weighted by Gasteiger charge is -2.30. The van der Waals surface area contributed by atoms with Crippen LogP contribution in [0, 0.1) is 0 Å². The Bertz CT molecular complexity index is 362. The quantitative estimate of drug-likeness (QED) is 0.749. The lowest BCUT2D eigenvalue weighted by molar-refractivity contribution is -0.0414. The average Bonchev–Trinajstić information content (AvgIpc) is 2.94. The van der Waals surface area contributed by atoms with Gasteiger partial charge >= 0.3 is 0 Å². The molecule has 0 aromatic heterocycles. The first-order chi connectivity index (χ1) is 9.78. The maximum absolute atomic E-state index is 5.94. The topological polar surface area (TPSA) is 37.3 Å². The predicted molar refractivity (Wildman–Crippen MR) is 83.8 cm³/mol. The zero-order valence-corrected chi connectivity index (χ0v) is 13.4. The van der Waals surface area contributed by atoms with Crippen LogP contribution in [0.1, 0.15) is 20.3 Å². The van der Waals surface area contributed by atoms with Crippen LogP contribution in [0.15, 0.2) is 17.3 Å². The number of thioether (sulfide) groups is 1. The monoisotopic (exact) mass is 299 g/mol. The normalized spacial score (nSPS) is 25.9. The summed E-state index contributed by atoms with van der Waals surface area (Å²) < 4.78 is 11.1. The third kappa shape index (κ3) is 3.90. The molecule has 2 rings (SSSR count). The van der Waals surface area contributed by atoms with Crippen LogP contribution in [-0.2, 0) is 9.47 Å². The predicted octanol–water partition coefficient (Wildman–Crippen LogP) is 1.97. The molecule has 0 radical (unpaired) electrons. The van der Waals surface area contributed by atoms with Gasteiger partial charge in [0.1, 0.15) is 24.2 Å². The van der Waals surface area contributed by atoms with E-state index in [4.69, 9.17) is 9.47 Å². The van der Waals surface area contributed by atoms with E-state index in [1.54, 1.807) is 18.9 Å². The molecule has 0 amide bonds. The van der Waals surface area contributed by atoms with Crippen LogP contribution in [0.5, 0.6) is 0 Å². The maximum atomic E-state index is 5.94.